The molecular formula is C15H20N4. The van der Waals surface area contributed by atoms with Crippen LogP contribution in [-0.4, -0.2) is 21.7 Å². The summed E-state index contributed by atoms with van der Waals surface area (Å²) in [7, 11) is 0. The molecule has 4 heteroatoms. The van der Waals surface area contributed by atoms with Crippen LogP contribution < -0.4 is 5.73 Å². The summed E-state index contributed by atoms with van der Waals surface area (Å²) in [5.74, 6) is 3.06. The highest BCUT2D eigenvalue weighted by molar-refractivity contribution is 5.53. The summed E-state index contributed by atoms with van der Waals surface area (Å²) < 4.78 is 0. The molecule has 3 N–H and O–H groups in total. The van der Waals surface area contributed by atoms with Crippen LogP contribution in [0.15, 0.2) is 30.3 Å². The maximum atomic E-state index is 5.73. The quantitative estimate of drug-likeness (QED) is 0.887. The Morgan fingerprint density at radius 1 is 1.11 bits per heavy atom. The van der Waals surface area contributed by atoms with Crippen molar-refractivity contribution in [1.82, 2.24) is 15.2 Å². The van der Waals surface area contributed by atoms with Crippen LogP contribution in [-0.2, 0) is 0 Å². The van der Waals surface area contributed by atoms with Gasteiger partial charge < -0.3 is 5.73 Å². The van der Waals surface area contributed by atoms with Gasteiger partial charge in [0.05, 0.1) is 0 Å². The van der Waals surface area contributed by atoms with Gasteiger partial charge in [0.25, 0.3) is 0 Å². The topological polar surface area (TPSA) is 67.6 Å². The van der Waals surface area contributed by atoms with Crippen LogP contribution in [0.25, 0.3) is 11.4 Å². The third kappa shape index (κ3) is 2.68. The van der Waals surface area contributed by atoms with Crippen molar-refractivity contribution < 1.29 is 0 Å². The zero-order valence-corrected chi connectivity index (χ0v) is 11.0. The lowest BCUT2D eigenvalue weighted by molar-refractivity contribution is 0.326. The molecule has 1 aromatic carbocycles. The number of nitrogens with one attached hydrogen (secondary N) is 1. The predicted molar refractivity (Wildman–Crippen MR) is 75.6 cm³/mol. The highest BCUT2D eigenvalue weighted by atomic mass is 15.2. The monoisotopic (exact) mass is 256 g/mol. The number of hydrogen-bond acceptors (Lipinski definition) is 3. The summed E-state index contributed by atoms with van der Waals surface area (Å²) in [5, 5.41) is 7.45. The van der Waals surface area contributed by atoms with Gasteiger partial charge in [-0.25, -0.2) is 4.98 Å². The van der Waals surface area contributed by atoms with E-state index in [9.17, 15) is 0 Å². The third-order valence-corrected chi connectivity index (χ3v) is 4.10. The Kier molecular flexibility index (Phi) is 3.60. The molecule has 0 amide bonds. The Morgan fingerprint density at radius 2 is 1.84 bits per heavy atom. The van der Waals surface area contributed by atoms with Gasteiger partial charge in [0.2, 0.25) is 0 Å². The number of H-pyrrole nitrogens is 1. The molecule has 1 saturated carbocycles. The van der Waals surface area contributed by atoms with Crippen molar-refractivity contribution in [2.24, 2.45) is 11.7 Å². The Hall–Kier alpha value is -1.68. The molecule has 4 nitrogen and oxygen atoms in total. The fraction of sp³-hybridized carbons (Fsp3) is 0.467. The molecule has 2 aromatic rings. The minimum absolute atomic E-state index is 0.521. The second kappa shape index (κ2) is 5.53. The van der Waals surface area contributed by atoms with Gasteiger partial charge in [-0.3, -0.25) is 5.10 Å². The first-order chi connectivity index (χ1) is 9.36. The average molecular weight is 256 g/mol. The first-order valence-electron chi connectivity index (χ1n) is 7.04. The minimum atomic E-state index is 0.521. The van der Waals surface area contributed by atoms with Crippen molar-refractivity contribution in [3.05, 3.63) is 36.2 Å². The molecule has 3 rings (SSSR count). The molecule has 19 heavy (non-hydrogen) atoms. The lowest BCUT2D eigenvalue weighted by Crippen LogP contribution is -2.21. The third-order valence-electron chi connectivity index (χ3n) is 4.10. The van der Waals surface area contributed by atoms with E-state index < -0.39 is 0 Å². The van der Waals surface area contributed by atoms with Gasteiger partial charge in [0.1, 0.15) is 5.82 Å². The molecular weight excluding hydrogens is 236 g/mol. The first kappa shape index (κ1) is 12.4. The molecule has 0 radical (unpaired) electrons. The van der Waals surface area contributed by atoms with Crippen molar-refractivity contribution in [1.29, 1.82) is 0 Å². The summed E-state index contributed by atoms with van der Waals surface area (Å²) in [5.41, 5.74) is 6.80. The van der Waals surface area contributed by atoms with Crippen molar-refractivity contribution in [3.63, 3.8) is 0 Å². The SMILES string of the molecule is NCC1CCC(c2nc(-c3ccccc3)n[nH]2)CC1. The van der Waals surface area contributed by atoms with Crippen LogP contribution in [0.5, 0.6) is 0 Å². The summed E-state index contributed by atoms with van der Waals surface area (Å²) in [6.07, 6.45) is 4.77. The lowest BCUT2D eigenvalue weighted by Gasteiger charge is -2.25. The van der Waals surface area contributed by atoms with Crippen LogP contribution in [0, 0.1) is 5.92 Å². The Morgan fingerprint density at radius 3 is 2.53 bits per heavy atom. The van der Waals surface area contributed by atoms with Crippen molar-refractivity contribution >= 4 is 0 Å². The molecule has 0 atom stereocenters. The van der Waals surface area contributed by atoms with Crippen molar-refractivity contribution in [2.45, 2.75) is 31.6 Å². The standard InChI is InChI=1S/C15H20N4/c16-10-11-6-8-13(9-7-11)15-17-14(18-19-15)12-4-2-1-3-5-12/h1-5,11,13H,6-10,16H2,(H,17,18,19). The number of aromatic nitrogens is 3. The van der Waals surface area contributed by atoms with Gasteiger partial charge in [-0.15, -0.1) is 0 Å². The van der Waals surface area contributed by atoms with Gasteiger partial charge in [-0.1, -0.05) is 30.3 Å². The zero-order valence-electron chi connectivity index (χ0n) is 11.0. The molecule has 0 saturated heterocycles. The number of rotatable bonds is 3. The normalized spacial score (nSPS) is 23.4. The van der Waals surface area contributed by atoms with Crippen molar-refractivity contribution in [2.75, 3.05) is 6.54 Å². The van der Waals surface area contributed by atoms with Gasteiger partial charge in [-0.2, -0.15) is 5.10 Å². The van der Waals surface area contributed by atoms with E-state index in [2.05, 4.69) is 15.2 Å². The number of nitrogens with two attached hydrogens (primary N) is 1. The molecule has 0 spiro atoms. The van der Waals surface area contributed by atoms with Crippen LogP contribution in [0.2, 0.25) is 0 Å². The van der Waals surface area contributed by atoms with E-state index in [0.29, 0.717) is 11.8 Å². The number of benzene rings is 1. The number of nitrogens with zero attached hydrogens (tertiary/aromatic N) is 2. The van der Waals surface area contributed by atoms with E-state index >= 15 is 0 Å². The van der Waals surface area contributed by atoms with Crippen LogP contribution in [0.1, 0.15) is 37.4 Å². The smallest absolute Gasteiger partial charge is 0.181 e. The average Bonchev–Trinajstić information content (AvgIpc) is 2.98. The second-order valence-corrected chi connectivity index (χ2v) is 5.36. The van der Waals surface area contributed by atoms with Crippen LogP contribution in [0.3, 0.4) is 0 Å². The van der Waals surface area contributed by atoms with Crippen LogP contribution in [0.4, 0.5) is 0 Å². The fourth-order valence-corrected chi connectivity index (χ4v) is 2.84. The second-order valence-electron chi connectivity index (χ2n) is 5.36. The maximum absolute atomic E-state index is 5.73. The molecule has 0 unspecified atom stereocenters. The van der Waals surface area contributed by atoms with Gasteiger partial charge in [0.15, 0.2) is 5.82 Å². The zero-order chi connectivity index (χ0) is 13.1. The van der Waals surface area contributed by atoms with Crippen LogP contribution >= 0.6 is 0 Å². The van der Waals surface area contributed by atoms with Gasteiger partial charge in [0, 0.05) is 11.5 Å². The molecule has 1 aromatic heterocycles. The minimum Gasteiger partial charge on any atom is -0.330 e. The highest BCUT2D eigenvalue weighted by Crippen LogP contribution is 2.34. The highest BCUT2D eigenvalue weighted by Gasteiger charge is 2.24. The molecule has 1 fully saturated rings. The number of hydrogen-bond donors (Lipinski definition) is 2. The fourth-order valence-electron chi connectivity index (χ4n) is 2.84. The van der Waals surface area contributed by atoms with Crippen molar-refractivity contribution in [3.8, 4) is 11.4 Å². The summed E-state index contributed by atoms with van der Waals surface area (Å²) in [6, 6.07) is 10.1. The van der Waals surface area contributed by atoms with E-state index in [4.69, 9.17) is 5.73 Å². The molecule has 100 valence electrons. The van der Waals surface area contributed by atoms with Gasteiger partial charge >= 0.3 is 0 Å². The van der Waals surface area contributed by atoms with E-state index in [1.165, 1.54) is 25.7 Å². The summed E-state index contributed by atoms with van der Waals surface area (Å²) in [6.45, 7) is 0.818. The number of aromatic amines is 1. The Balaban J connectivity index is 1.72. The molecule has 1 aliphatic rings. The first-order valence-corrected chi connectivity index (χ1v) is 7.04. The Labute approximate surface area is 113 Å². The van der Waals surface area contributed by atoms with Gasteiger partial charge in [-0.05, 0) is 38.1 Å². The maximum Gasteiger partial charge on any atom is 0.181 e. The van der Waals surface area contributed by atoms with E-state index in [1.807, 2.05) is 30.3 Å². The Bertz CT molecular complexity index is 512. The predicted octanol–water partition coefficient (Wildman–Crippen LogP) is 2.70. The van der Waals surface area contributed by atoms with E-state index in [0.717, 1.165) is 23.8 Å². The molecule has 0 aliphatic heterocycles. The molecule has 1 heterocycles. The molecule has 1 aliphatic carbocycles. The largest absolute Gasteiger partial charge is 0.330 e. The molecule has 0 bridgehead atoms. The van der Waals surface area contributed by atoms with E-state index in [-0.39, 0.29) is 0 Å². The summed E-state index contributed by atoms with van der Waals surface area (Å²) in [4.78, 5) is 4.66. The van der Waals surface area contributed by atoms with E-state index in [1.54, 1.807) is 0 Å². The lowest BCUT2D eigenvalue weighted by atomic mass is 9.82. The summed E-state index contributed by atoms with van der Waals surface area (Å²) >= 11 is 0.